The van der Waals surface area contributed by atoms with E-state index in [4.69, 9.17) is 14.9 Å². The van der Waals surface area contributed by atoms with Crippen molar-refractivity contribution in [3.05, 3.63) is 0 Å². The molecule has 1 heterocycles. The second-order valence-corrected chi connectivity index (χ2v) is 2.47. The SMILES string of the molecule is OCCC1(O)OCCC1O. The van der Waals surface area contributed by atoms with Crippen molar-refractivity contribution in [3.8, 4) is 0 Å². The van der Waals surface area contributed by atoms with Crippen molar-refractivity contribution < 1.29 is 20.1 Å². The van der Waals surface area contributed by atoms with E-state index >= 15 is 0 Å². The Bertz CT molecular complexity index is 116. The van der Waals surface area contributed by atoms with Crippen LogP contribution in [-0.4, -0.2) is 40.4 Å². The summed E-state index contributed by atoms with van der Waals surface area (Å²) >= 11 is 0. The molecule has 0 aromatic carbocycles. The van der Waals surface area contributed by atoms with Crippen LogP contribution in [0.5, 0.6) is 0 Å². The Labute approximate surface area is 59.1 Å². The molecule has 1 aliphatic rings. The first-order valence-electron chi connectivity index (χ1n) is 3.34. The van der Waals surface area contributed by atoms with Crippen molar-refractivity contribution in [2.24, 2.45) is 0 Å². The van der Waals surface area contributed by atoms with Crippen LogP contribution >= 0.6 is 0 Å². The van der Waals surface area contributed by atoms with Gasteiger partial charge in [0.2, 0.25) is 0 Å². The Morgan fingerprint density at radius 2 is 2.30 bits per heavy atom. The van der Waals surface area contributed by atoms with E-state index in [1.165, 1.54) is 0 Å². The summed E-state index contributed by atoms with van der Waals surface area (Å²) < 4.78 is 4.84. The van der Waals surface area contributed by atoms with Crippen LogP contribution in [0, 0.1) is 0 Å². The lowest BCUT2D eigenvalue weighted by Gasteiger charge is -2.23. The van der Waals surface area contributed by atoms with Crippen molar-refractivity contribution in [2.45, 2.75) is 24.7 Å². The first-order chi connectivity index (χ1) is 4.69. The van der Waals surface area contributed by atoms with Gasteiger partial charge >= 0.3 is 0 Å². The normalized spacial score (nSPS) is 40.5. The fourth-order valence-corrected chi connectivity index (χ4v) is 1.07. The van der Waals surface area contributed by atoms with Gasteiger partial charge in [-0.2, -0.15) is 0 Å². The predicted octanol–water partition coefficient (Wildman–Crippen LogP) is -1.16. The summed E-state index contributed by atoms with van der Waals surface area (Å²) in [5, 5.41) is 26.9. The van der Waals surface area contributed by atoms with E-state index in [0.717, 1.165) is 0 Å². The van der Waals surface area contributed by atoms with Gasteiger partial charge in [-0.1, -0.05) is 0 Å². The molecule has 3 N–H and O–H groups in total. The van der Waals surface area contributed by atoms with Gasteiger partial charge in [0.25, 0.3) is 0 Å². The van der Waals surface area contributed by atoms with E-state index in [0.29, 0.717) is 13.0 Å². The Kier molecular flexibility index (Phi) is 2.25. The summed E-state index contributed by atoms with van der Waals surface area (Å²) in [7, 11) is 0. The number of ether oxygens (including phenoxy) is 1. The average molecular weight is 148 g/mol. The molecule has 0 bridgehead atoms. The van der Waals surface area contributed by atoms with E-state index < -0.39 is 11.9 Å². The fraction of sp³-hybridized carbons (Fsp3) is 1.00. The average Bonchev–Trinajstić information content (AvgIpc) is 2.15. The lowest BCUT2D eigenvalue weighted by Crippen LogP contribution is -2.39. The molecule has 1 aliphatic heterocycles. The van der Waals surface area contributed by atoms with Gasteiger partial charge in [0.05, 0.1) is 6.61 Å². The van der Waals surface area contributed by atoms with Crippen LogP contribution in [0.4, 0.5) is 0 Å². The van der Waals surface area contributed by atoms with Crippen LogP contribution in [-0.2, 0) is 4.74 Å². The Balaban J connectivity index is 2.48. The summed E-state index contributed by atoms with van der Waals surface area (Å²) in [6, 6.07) is 0. The highest BCUT2D eigenvalue weighted by Gasteiger charge is 2.40. The van der Waals surface area contributed by atoms with Crippen LogP contribution in [0.15, 0.2) is 0 Å². The van der Waals surface area contributed by atoms with Gasteiger partial charge in [-0.3, -0.25) is 0 Å². The minimum Gasteiger partial charge on any atom is -0.396 e. The van der Waals surface area contributed by atoms with Crippen molar-refractivity contribution in [3.63, 3.8) is 0 Å². The summed E-state index contributed by atoms with van der Waals surface area (Å²) in [6.07, 6.45) is -0.329. The first-order valence-corrected chi connectivity index (χ1v) is 3.34. The summed E-state index contributed by atoms with van der Waals surface area (Å²) in [5.74, 6) is -1.49. The van der Waals surface area contributed by atoms with Gasteiger partial charge in [0.1, 0.15) is 6.10 Å². The van der Waals surface area contributed by atoms with Crippen LogP contribution in [0.2, 0.25) is 0 Å². The molecule has 2 atom stereocenters. The zero-order chi connectivity index (χ0) is 7.61. The van der Waals surface area contributed by atoms with Crippen molar-refractivity contribution in [1.29, 1.82) is 0 Å². The van der Waals surface area contributed by atoms with Crippen LogP contribution in [0.3, 0.4) is 0 Å². The maximum Gasteiger partial charge on any atom is 0.194 e. The second-order valence-electron chi connectivity index (χ2n) is 2.47. The standard InChI is InChI=1S/C6H12O4/c7-3-2-6(9)5(8)1-4-10-6/h5,7-9H,1-4H2. The minimum absolute atomic E-state index is 0.0775. The predicted molar refractivity (Wildman–Crippen MR) is 33.2 cm³/mol. The van der Waals surface area contributed by atoms with E-state index in [1.807, 2.05) is 0 Å². The maximum atomic E-state index is 9.33. The highest BCUT2D eigenvalue weighted by atomic mass is 16.6. The Morgan fingerprint density at radius 3 is 2.70 bits per heavy atom. The van der Waals surface area contributed by atoms with Crippen molar-refractivity contribution >= 4 is 0 Å². The number of aliphatic hydroxyl groups is 3. The molecule has 2 unspecified atom stereocenters. The topological polar surface area (TPSA) is 69.9 Å². The second kappa shape index (κ2) is 2.84. The molecule has 0 spiro atoms. The van der Waals surface area contributed by atoms with Gasteiger partial charge in [-0.25, -0.2) is 0 Å². The van der Waals surface area contributed by atoms with E-state index in [2.05, 4.69) is 0 Å². The lowest BCUT2D eigenvalue weighted by molar-refractivity contribution is -0.220. The Hall–Kier alpha value is -0.160. The summed E-state index contributed by atoms with van der Waals surface area (Å²) in [4.78, 5) is 0. The van der Waals surface area contributed by atoms with E-state index in [1.54, 1.807) is 0 Å². The fourth-order valence-electron chi connectivity index (χ4n) is 1.07. The number of hydrogen-bond donors (Lipinski definition) is 3. The third kappa shape index (κ3) is 1.29. The number of hydrogen-bond acceptors (Lipinski definition) is 4. The molecule has 10 heavy (non-hydrogen) atoms. The molecular formula is C6H12O4. The zero-order valence-electron chi connectivity index (χ0n) is 5.66. The van der Waals surface area contributed by atoms with E-state index in [-0.39, 0.29) is 13.0 Å². The highest BCUT2D eigenvalue weighted by Crippen LogP contribution is 2.25. The third-order valence-corrected chi connectivity index (χ3v) is 1.73. The van der Waals surface area contributed by atoms with Gasteiger partial charge in [0.15, 0.2) is 5.79 Å². The molecule has 0 radical (unpaired) electrons. The molecule has 4 heteroatoms. The number of aliphatic hydroxyl groups excluding tert-OH is 2. The molecule has 0 aromatic heterocycles. The lowest BCUT2D eigenvalue weighted by atomic mass is 10.1. The smallest absolute Gasteiger partial charge is 0.194 e. The Morgan fingerprint density at radius 1 is 1.60 bits per heavy atom. The van der Waals surface area contributed by atoms with Crippen LogP contribution in [0.1, 0.15) is 12.8 Å². The highest BCUT2D eigenvalue weighted by molar-refractivity contribution is 4.82. The third-order valence-electron chi connectivity index (χ3n) is 1.73. The van der Waals surface area contributed by atoms with Gasteiger partial charge < -0.3 is 20.1 Å². The summed E-state index contributed by atoms with van der Waals surface area (Å²) in [6.45, 7) is 0.186. The molecule has 1 fully saturated rings. The molecule has 0 amide bonds. The molecule has 0 aromatic rings. The van der Waals surface area contributed by atoms with Crippen molar-refractivity contribution in [1.82, 2.24) is 0 Å². The summed E-state index contributed by atoms with van der Waals surface area (Å²) in [5.41, 5.74) is 0. The maximum absolute atomic E-state index is 9.33. The van der Waals surface area contributed by atoms with Crippen LogP contribution < -0.4 is 0 Å². The molecule has 4 nitrogen and oxygen atoms in total. The first kappa shape index (κ1) is 7.94. The van der Waals surface area contributed by atoms with Gasteiger partial charge in [0, 0.05) is 19.4 Å². The molecule has 60 valence electrons. The largest absolute Gasteiger partial charge is 0.396 e. The molecule has 0 saturated carbocycles. The number of rotatable bonds is 2. The molecule has 1 saturated heterocycles. The molecule has 0 aliphatic carbocycles. The van der Waals surface area contributed by atoms with Crippen LogP contribution in [0.25, 0.3) is 0 Å². The van der Waals surface area contributed by atoms with E-state index in [9.17, 15) is 5.11 Å². The van der Waals surface area contributed by atoms with Gasteiger partial charge in [-0.15, -0.1) is 0 Å². The zero-order valence-corrected chi connectivity index (χ0v) is 5.66. The van der Waals surface area contributed by atoms with Gasteiger partial charge in [-0.05, 0) is 0 Å². The minimum atomic E-state index is -1.49. The molecule has 1 rings (SSSR count). The quantitative estimate of drug-likeness (QED) is 0.462. The molecular weight excluding hydrogens is 136 g/mol. The monoisotopic (exact) mass is 148 g/mol. The van der Waals surface area contributed by atoms with Crippen molar-refractivity contribution in [2.75, 3.05) is 13.2 Å².